The summed E-state index contributed by atoms with van der Waals surface area (Å²) in [5.41, 5.74) is 0.682. The van der Waals surface area contributed by atoms with Crippen molar-refractivity contribution >= 4 is 0 Å². The van der Waals surface area contributed by atoms with Gasteiger partial charge in [0, 0.05) is 5.69 Å². The normalized spacial score (nSPS) is 14.8. The molecule has 0 aliphatic heterocycles. The van der Waals surface area contributed by atoms with Crippen molar-refractivity contribution < 1.29 is 13.2 Å². The molecule has 1 rings (SSSR count). The Hall–Kier alpha value is -1.00. The number of hydrogen-bond acceptors (Lipinski definition) is 1. The number of nitrogens with zero attached hydrogens (tertiary/aromatic N) is 1. The molecule has 0 radical (unpaired) electrons. The molecule has 1 aromatic heterocycles. The molecule has 2 nitrogen and oxygen atoms in total. The van der Waals surface area contributed by atoms with Gasteiger partial charge >= 0.3 is 6.18 Å². The van der Waals surface area contributed by atoms with E-state index in [1.165, 1.54) is 6.07 Å². The van der Waals surface area contributed by atoms with Gasteiger partial charge in [0.25, 0.3) is 0 Å². The van der Waals surface area contributed by atoms with E-state index in [2.05, 4.69) is 10.2 Å². The molecule has 1 aromatic rings. The van der Waals surface area contributed by atoms with Gasteiger partial charge in [-0.2, -0.15) is 18.3 Å². The molecule has 5 heteroatoms. The van der Waals surface area contributed by atoms with Gasteiger partial charge in [0.1, 0.15) is 0 Å². The number of H-pyrrole nitrogens is 1. The number of aromatic nitrogens is 2. The minimum absolute atomic E-state index is 0.0417. The van der Waals surface area contributed by atoms with Crippen LogP contribution in [0.3, 0.4) is 0 Å². The quantitative estimate of drug-likeness (QED) is 0.702. The van der Waals surface area contributed by atoms with Crippen LogP contribution in [-0.4, -0.2) is 16.4 Å². The van der Waals surface area contributed by atoms with Crippen molar-refractivity contribution in [1.82, 2.24) is 10.2 Å². The molecule has 0 aromatic carbocycles. The second-order valence-corrected chi connectivity index (χ2v) is 2.74. The average Bonchev–Trinajstić information content (AvgIpc) is 2.32. The third kappa shape index (κ3) is 1.78. The van der Waals surface area contributed by atoms with Gasteiger partial charge in [-0.1, -0.05) is 0 Å². The molecule has 1 unspecified atom stereocenters. The first-order valence-electron chi connectivity index (χ1n) is 3.50. The lowest BCUT2D eigenvalue weighted by Gasteiger charge is -2.11. The van der Waals surface area contributed by atoms with Crippen LogP contribution in [0.25, 0.3) is 0 Å². The van der Waals surface area contributed by atoms with Crippen LogP contribution >= 0.6 is 0 Å². The molecule has 0 fully saturated rings. The van der Waals surface area contributed by atoms with Gasteiger partial charge in [0.05, 0.1) is 11.6 Å². The van der Waals surface area contributed by atoms with Crippen molar-refractivity contribution in [1.29, 1.82) is 0 Å². The van der Waals surface area contributed by atoms with Gasteiger partial charge in [-0.05, 0) is 19.9 Å². The fraction of sp³-hybridized carbons (Fsp3) is 0.571. The minimum atomic E-state index is -4.21. The summed E-state index contributed by atoms with van der Waals surface area (Å²) in [5.74, 6) is -1.50. The fourth-order valence-electron chi connectivity index (χ4n) is 0.829. The number of hydrogen-bond donors (Lipinski definition) is 1. The maximum Gasteiger partial charge on any atom is 0.397 e. The Kier molecular flexibility index (Phi) is 2.12. The molecule has 0 saturated heterocycles. The van der Waals surface area contributed by atoms with E-state index in [4.69, 9.17) is 0 Å². The van der Waals surface area contributed by atoms with Gasteiger partial charge in [0.2, 0.25) is 0 Å². The summed E-state index contributed by atoms with van der Waals surface area (Å²) in [6.07, 6.45) is -4.21. The van der Waals surface area contributed by atoms with Crippen molar-refractivity contribution in [2.45, 2.75) is 25.9 Å². The van der Waals surface area contributed by atoms with E-state index < -0.39 is 12.1 Å². The van der Waals surface area contributed by atoms with E-state index in [1.54, 1.807) is 6.92 Å². The summed E-state index contributed by atoms with van der Waals surface area (Å²) in [6, 6.07) is 1.40. The molecule has 0 bridgehead atoms. The van der Waals surface area contributed by atoms with E-state index in [1.807, 2.05) is 0 Å². The van der Waals surface area contributed by atoms with Crippen molar-refractivity contribution in [3.05, 3.63) is 17.5 Å². The van der Waals surface area contributed by atoms with Gasteiger partial charge in [-0.3, -0.25) is 5.10 Å². The Balaban J connectivity index is 2.85. The van der Waals surface area contributed by atoms with Crippen LogP contribution in [0.4, 0.5) is 13.2 Å². The van der Waals surface area contributed by atoms with Crippen LogP contribution in [0.15, 0.2) is 6.07 Å². The molecule has 1 N–H and O–H groups in total. The maximum absolute atomic E-state index is 12.1. The van der Waals surface area contributed by atoms with Crippen LogP contribution < -0.4 is 0 Å². The highest BCUT2D eigenvalue weighted by Gasteiger charge is 2.38. The zero-order valence-corrected chi connectivity index (χ0v) is 6.74. The third-order valence-corrected chi connectivity index (χ3v) is 1.66. The van der Waals surface area contributed by atoms with Gasteiger partial charge < -0.3 is 0 Å². The second kappa shape index (κ2) is 2.80. The lowest BCUT2D eigenvalue weighted by atomic mass is 10.1. The molecule has 0 aliphatic rings. The van der Waals surface area contributed by atoms with Crippen LogP contribution in [0.2, 0.25) is 0 Å². The summed E-state index contributed by atoms with van der Waals surface area (Å²) < 4.78 is 36.3. The summed E-state index contributed by atoms with van der Waals surface area (Å²) in [5, 5.41) is 6.01. The van der Waals surface area contributed by atoms with Crippen LogP contribution in [-0.2, 0) is 0 Å². The maximum atomic E-state index is 12.1. The molecule has 0 spiro atoms. The Labute approximate surface area is 67.8 Å². The number of aryl methyl sites for hydroxylation is 1. The van der Waals surface area contributed by atoms with E-state index in [0.717, 1.165) is 6.92 Å². The topological polar surface area (TPSA) is 28.7 Å². The summed E-state index contributed by atoms with van der Waals surface area (Å²) >= 11 is 0. The smallest absolute Gasteiger partial charge is 0.283 e. The first-order valence-corrected chi connectivity index (χ1v) is 3.50. The monoisotopic (exact) mass is 178 g/mol. The summed E-state index contributed by atoms with van der Waals surface area (Å²) in [7, 11) is 0. The van der Waals surface area contributed by atoms with E-state index in [-0.39, 0.29) is 5.69 Å². The zero-order valence-electron chi connectivity index (χ0n) is 6.74. The molecule has 12 heavy (non-hydrogen) atoms. The van der Waals surface area contributed by atoms with Crippen molar-refractivity contribution in [2.24, 2.45) is 0 Å². The molecule has 68 valence electrons. The van der Waals surface area contributed by atoms with Crippen LogP contribution in [0.5, 0.6) is 0 Å². The summed E-state index contributed by atoms with van der Waals surface area (Å²) in [4.78, 5) is 0. The van der Waals surface area contributed by atoms with Gasteiger partial charge in [-0.15, -0.1) is 0 Å². The van der Waals surface area contributed by atoms with Crippen molar-refractivity contribution in [2.75, 3.05) is 0 Å². The Morgan fingerprint density at radius 2 is 2.08 bits per heavy atom. The molecular weight excluding hydrogens is 169 g/mol. The first kappa shape index (κ1) is 9.09. The molecular formula is C7H9F3N2. The number of aromatic amines is 1. The number of halogens is 3. The Bertz CT molecular complexity index is 264. The number of rotatable bonds is 1. The first-order chi connectivity index (χ1) is 5.41. The van der Waals surface area contributed by atoms with Crippen molar-refractivity contribution in [3.8, 4) is 0 Å². The van der Waals surface area contributed by atoms with Crippen molar-refractivity contribution in [3.63, 3.8) is 0 Å². The Morgan fingerprint density at radius 3 is 2.42 bits per heavy atom. The lowest BCUT2D eigenvalue weighted by molar-refractivity contribution is -0.147. The second-order valence-electron chi connectivity index (χ2n) is 2.74. The van der Waals surface area contributed by atoms with Gasteiger partial charge in [-0.25, -0.2) is 0 Å². The number of nitrogens with one attached hydrogen (secondary N) is 1. The minimum Gasteiger partial charge on any atom is -0.283 e. The molecule has 0 saturated carbocycles. The fourth-order valence-corrected chi connectivity index (χ4v) is 0.829. The Morgan fingerprint density at radius 1 is 1.50 bits per heavy atom. The van der Waals surface area contributed by atoms with E-state index in [9.17, 15) is 13.2 Å². The van der Waals surface area contributed by atoms with E-state index >= 15 is 0 Å². The SMILES string of the molecule is Cc1cc(C(C)C(F)(F)F)n[nH]1. The zero-order chi connectivity index (χ0) is 9.35. The van der Waals surface area contributed by atoms with Gasteiger partial charge in [0.15, 0.2) is 0 Å². The highest BCUT2D eigenvalue weighted by atomic mass is 19.4. The van der Waals surface area contributed by atoms with Crippen LogP contribution in [0.1, 0.15) is 24.2 Å². The predicted octanol–water partition coefficient (Wildman–Crippen LogP) is 2.38. The number of alkyl halides is 3. The molecule has 1 heterocycles. The highest BCUT2D eigenvalue weighted by molar-refractivity contribution is 5.12. The molecule has 1 atom stereocenters. The average molecular weight is 178 g/mol. The van der Waals surface area contributed by atoms with E-state index in [0.29, 0.717) is 5.69 Å². The predicted molar refractivity (Wildman–Crippen MR) is 37.8 cm³/mol. The summed E-state index contributed by atoms with van der Waals surface area (Å²) in [6.45, 7) is 2.76. The van der Waals surface area contributed by atoms with Crippen LogP contribution in [0, 0.1) is 6.92 Å². The standard InChI is InChI=1S/C7H9F3N2/c1-4-3-6(12-11-4)5(2)7(8,9)10/h3,5H,1-2H3,(H,11,12). The molecule has 0 amide bonds. The third-order valence-electron chi connectivity index (χ3n) is 1.66. The molecule has 0 aliphatic carbocycles. The largest absolute Gasteiger partial charge is 0.397 e. The lowest BCUT2D eigenvalue weighted by Crippen LogP contribution is -2.17. The highest BCUT2D eigenvalue weighted by Crippen LogP contribution is 2.33.